The molecule has 0 saturated carbocycles. The van der Waals surface area contributed by atoms with Gasteiger partial charge in [0.1, 0.15) is 17.1 Å². The third kappa shape index (κ3) is 3.20. The van der Waals surface area contributed by atoms with Crippen LogP contribution in [0.25, 0.3) is 11.3 Å². The number of H-pyrrole nitrogens is 1. The van der Waals surface area contributed by atoms with Gasteiger partial charge in [-0.25, -0.2) is 0 Å². The molecule has 3 N–H and O–H groups in total. The summed E-state index contributed by atoms with van der Waals surface area (Å²) in [5.74, 6) is 0.240. The number of nitrogens with one attached hydrogen (secondary N) is 1. The maximum Gasteiger partial charge on any atom is 0.282 e. The molecule has 3 rings (SSSR count). The van der Waals surface area contributed by atoms with E-state index in [1.807, 2.05) is 6.07 Å². The molecule has 0 radical (unpaired) electrons. The molecule has 0 aliphatic rings. The molecule has 25 heavy (non-hydrogen) atoms. The lowest BCUT2D eigenvalue weighted by Crippen LogP contribution is -2.10. The Balaban J connectivity index is 2.17. The first-order valence-electron chi connectivity index (χ1n) is 7.47. The van der Waals surface area contributed by atoms with Gasteiger partial charge in [-0.2, -0.15) is 0 Å². The van der Waals surface area contributed by atoms with Gasteiger partial charge in [0.25, 0.3) is 11.6 Å². The van der Waals surface area contributed by atoms with E-state index in [1.165, 1.54) is 12.1 Å². The molecule has 0 aliphatic heterocycles. The maximum absolute atomic E-state index is 11.5. The predicted molar refractivity (Wildman–Crippen MR) is 92.7 cm³/mol. The number of carbonyl (C=O) groups is 1. The molecule has 7 heteroatoms. The van der Waals surface area contributed by atoms with Crippen LogP contribution in [-0.2, 0) is 0 Å². The van der Waals surface area contributed by atoms with Crippen molar-refractivity contribution in [2.24, 2.45) is 5.73 Å². The van der Waals surface area contributed by atoms with Gasteiger partial charge in [-0.05, 0) is 31.2 Å². The van der Waals surface area contributed by atoms with Gasteiger partial charge in [0.05, 0.1) is 16.2 Å². The van der Waals surface area contributed by atoms with Crippen LogP contribution in [0.2, 0.25) is 0 Å². The number of hydrogen-bond donors (Lipinski definition) is 2. The molecule has 0 fully saturated rings. The average molecular weight is 337 g/mol. The van der Waals surface area contributed by atoms with Crippen molar-refractivity contribution in [3.63, 3.8) is 0 Å². The molecule has 1 heterocycles. The number of ether oxygens (including phenoxy) is 1. The number of aryl methyl sites for hydroxylation is 1. The summed E-state index contributed by atoms with van der Waals surface area (Å²) < 4.78 is 5.82. The van der Waals surface area contributed by atoms with Crippen molar-refractivity contribution in [2.45, 2.75) is 6.92 Å². The van der Waals surface area contributed by atoms with E-state index in [9.17, 15) is 14.9 Å². The second-order valence-electron chi connectivity index (χ2n) is 5.41. The number of primary amides is 1. The Bertz CT molecular complexity index is 948. The topological polar surface area (TPSA) is 111 Å². The van der Waals surface area contributed by atoms with Gasteiger partial charge in [0.2, 0.25) is 0 Å². The number of amides is 1. The Morgan fingerprint density at radius 1 is 1.16 bits per heavy atom. The normalized spacial score (nSPS) is 10.4. The average Bonchev–Trinajstić information content (AvgIpc) is 2.97. The van der Waals surface area contributed by atoms with E-state index < -0.39 is 10.8 Å². The van der Waals surface area contributed by atoms with Crippen LogP contribution in [-0.4, -0.2) is 15.8 Å². The molecule has 3 aromatic rings. The fraction of sp³-hybridized carbons (Fsp3) is 0.0556. The highest BCUT2D eigenvalue weighted by molar-refractivity contribution is 5.96. The Kier molecular flexibility index (Phi) is 4.21. The minimum atomic E-state index is -0.607. The fourth-order valence-electron chi connectivity index (χ4n) is 2.59. The number of nitrogens with zero attached hydrogens (tertiary/aromatic N) is 1. The molecule has 0 bridgehead atoms. The maximum atomic E-state index is 11.5. The molecule has 0 unspecified atom stereocenters. The Morgan fingerprint density at radius 2 is 1.88 bits per heavy atom. The smallest absolute Gasteiger partial charge is 0.282 e. The molecule has 1 amide bonds. The fourth-order valence-corrected chi connectivity index (χ4v) is 2.59. The summed E-state index contributed by atoms with van der Waals surface area (Å²) in [6, 6.07) is 15.0. The second kappa shape index (κ2) is 6.48. The van der Waals surface area contributed by atoms with E-state index in [0.717, 1.165) is 0 Å². The number of carbonyl (C=O) groups excluding carboxylic acids is 1. The highest BCUT2D eigenvalue weighted by atomic mass is 16.6. The number of nitro benzene ring substituents is 1. The third-order valence-corrected chi connectivity index (χ3v) is 3.72. The summed E-state index contributed by atoms with van der Waals surface area (Å²) in [6.07, 6.45) is 0. The van der Waals surface area contributed by atoms with Crippen molar-refractivity contribution in [1.82, 2.24) is 4.98 Å². The summed E-state index contributed by atoms with van der Waals surface area (Å²) in [7, 11) is 0. The number of para-hydroxylation sites is 1. The molecule has 0 saturated heterocycles. The van der Waals surface area contributed by atoms with Crippen molar-refractivity contribution in [3.05, 3.63) is 76.0 Å². The Labute approximate surface area is 143 Å². The van der Waals surface area contributed by atoms with Gasteiger partial charge < -0.3 is 15.5 Å². The van der Waals surface area contributed by atoms with Crippen LogP contribution in [0.4, 0.5) is 5.69 Å². The Hall–Kier alpha value is -3.61. The van der Waals surface area contributed by atoms with E-state index in [0.29, 0.717) is 22.9 Å². The second-order valence-corrected chi connectivity index (χ2v) is 5.41. The minimum absolute atomic E-state index is 0.134. The van der Waals surface area contributed by atoms with Crippen molar-refractivity contribution in [3.8, 4) is 22.8 Å². The molecule has 0 aliphatic carbocycles. The first-order chi connectivity index (χ1) is 12.0. The minimum Gasteiger partial charge on any atom is -0.456 e. The van der Waals surface area contributed by atoms with E-state index in [-0.39, 0.29) is 16.8 Å². The molecule has 1 aromatic heterocycles. The van der Waals surface area contributed by atoms with E-state index in [4.69, 9.17) is 10.5 Å². The zero-order valence-electron chi connectivity index (χ0n) is 13.4. The first-order valence-corrected chi connectivity index (χ1v) is 7.47. The van der Waals surface area contributed by atoms with Crippen LogP contribution in [0, 0.1) is 17.0 Å². The number of aromatic nitrogens is 1. The van der Waals surface area contributed by atoms with E-state index >= 15 is 0 Å². The molecule has 126 valence electrons. The SMILES string of the molecule is Cc1[nH]c(-c2c(Oc3ccccc3)cccc2[N+](=O)[O-])cc1C(N)=O. The lowest BCUT2D eigenvalue weighted by atomic mass is 10.1. The van der Waals surface area contributed by atoms with Gasteiger partial charge in [-0.15, -0.1) is 0 Å². The summed E-state index contributed by atoms with van der Waals surface area (Å²) in [5.41, 5.74) is 6.67. The number of benzene rings is 2. The highest BCUT2D eigenvalue weighted by Gasteiger charge is 2.23. The van der Waals surface area contributed by atoms with Crippen LogP contribution in [0.3, 0.4) is 0 Å². The molecular weight excluding hydrogens is 322 g/mol. The van der Waals surface area contributed by atoms with Crippen LogP contribution >= 0.6 is 0 Å². The number of nitro groups is 1. The van der Waals surface area contributed by atoms with Crippen molar-refractivity contribution >= 4 is 11.6 Å². The van der Waals surface area contributed by atoms with Crippen molar-refractivity contribution in [2.75, 3.05) is 0 Å². The molecular formula is C18H15N3O4. The van der Waals surface area contributed by atoms with Crippen molar-refractivity contribution in [1.29, 1.82) is 0 Å². The van der Waals surface area contributed by atoms with Crippen LogP contribution in [0.1, 0.15) is 16.1 Å². The third-order valence-electron chi connectivity index (χ3n) is 3.72. The zero-order chi connectivity index (χ0) is 18.0. The van der Waals surface area contributed by atoms with Gasteiger partial charge >= 0.3 is 0 Å². The van der Waals surface area contributed by atoms with E-state index in [2.05, 4.69) is 4.98 Å². The number of rotatable bonds is 5. The standard InChI is InChI=1S/C18H15N3O4/c1-11-13(18(19)22)10-14(20-11)17-15(21(23)24)8-5-9-16(17)25-12-6-3-2-4-7-12/h2-10,20H,1H3,(H2,19,22). The van der Waals surface area contributed by atoms with Crippen LogP contribution < -0.4 is 10.5 Å². The lowest BCUT2D eigenvalue weighted by molar-refractivity contribution is -0.384. The molecule has 2 aromatic carbocycles. The monoisotopic (exact) mass is 337 g/mol. The Morgan fingerprint density at radius 3 is 2.48 bits per heavy atom. The van der Waals surface area contributed by atoms with Crippen LogP contribution in [0.5, 0.6) is 11.5 Å². The van der Waals surface area contributed by atoms with Gasteiger partial charge in [-0.1, -0.05) is 24.3 Å². The summed E-state index contributed by atoms with van der Waals surface area (Å²) in [5, 5.41) is 11.5. The number of nitrogens with two attached hydrogens (primary N) is 1. The predicted octanol–water partition coefficient (Wildman–Crippen LogP) is 3.79. The first kappa shape index (κ1) is 16.3. The van der Waals surface area contributed by atoms with Crippen LogP contribution in [0.15, 0.2) is 54.6 Å². The van der Waals surface area contributed by atoms with Gasteiger partial charge in [0.15, 0.2) is 0 Å². The lowest BCUT2D eigenvalue weighted by Gasteiger charge is -2.10. The zero-order valence-corrected chi connectivity index (χ0v) is 13.4. The van der Waals surface area contributed by atoms with E-state index in [1.54, 1.807) is 43.3 Å². The number of aromatic amines is 1. The summed E-state index contributed by atoms with van der Waals surface area (Å²) in [6.45, 7) is 1.68. The molecule has 0 atom stereocenters. The molecule has 0 spiro atoms. The highest BCUT2D eigenvalue weighted by Crippen LogP contribution is 2.40. The number of hydrogen-bond acceptors (Lipinski definition) is 4. The quantitative estimate of drug-likeness (QED) is 0.545. The summed E-state index contributed by atoms with van der Waals surface area (Å²) in [4.78, 5) is 25.5. The largest absolute Gasteiger partial charge is 0.456 e. The van der Waals surface area contributed by atoms with Crippen molar-refractivity contribution < 1.29 is 14.5 Å². The summed E-state index contributed by atoms with van der Waals surface area (Å²) >= 11 is 0. The van der Waals surface area contributed by atoms with Gasteiger partial charge in [-0.3, -0.25) is 14.9 Å². The van der Waals surface area contributed by atoms with Gasteiger partial charge in [0, 0.05) is 11.8 Å². The molecule has 7 nitrogen and oxygen atoms in total.